The Kier molecular flexibility index (Phi) is 5.54. The Morgan fingerprint density at radius 1 is 1.08 bits per heavy atom. The summed E-state index contributed by atoms with van der Waals surface area (Å²) < 4.78 is 22.3. The summed E-state index contributed by atoms with van der Waals surface area (Å²) in [6.07, 6.45) is 1.05. The first-order valence-electron chi connectivity index (χ1n) is 11.5. The second-order valence-electron chi connectivity index (χ2n) is 8.64. The minimum atomic E-state index is -1.12. The molecule has 1 saturated carbocycles. The second-order valence-corrected chi connectivity index (χ2v) is 9.05. The number of amides is 1. The third-order valence-electron chi connectivity index (χ3n) is 6.15. The molecular formula is C26H17ClN4O7. The van der Waals surface area contributed by atoms with Crippen LogP contribution in [0.25, 0.3) is 22.5 Å². The Balaban J connectivity index is 1.26. The summed E-state index contributed by atoms with van der Waals surface area (Å²) >= 11 is 6.21. The quantitative estimate of drug-likeness (QED) is 0.280. The number of furan rings is 1. The van der Waals surface area contributed by atoms with Gasteiger partial charge in [-0.05, 0) is 43.9 Å². The van der Waals surface area contributed by atoms with Gasteiger partial charge in [-0.15, -0.1) is 0 Å². The van der Waals surface area contributed by atoms with E-state index in [1.807, 2.05) is 0 Å². The highest BCUT2D eigenvalue weighted by molar-refractivity contribution is 6.31. The molecule has 2 N–H and O–H groups in total. The molecule has 1 aliphatic carbocycles. The van der Waals surface area contributed by atoms with Gasteiger partial charge in [-0.3, -0.25) is 10.1 Å². The van der Waals surface area contributed by atoms with Gasteiger partial charge in [0.2, 0.25) is 17.4 Å². The van der Waals surface area contributed by atoms with E-state index in [4.69, 9.17) is 29.6 Å². The molecule has 0 radical (unpaired) electrons. The minimum Gasteiger partial charge on any atom is -0.480 e. The molecule has 1 amide bonds. The van der Waals surface area contributed by atoms with E-state index in [1.54, 1.807) is 49.5 Å². The number of halogens is 1. The number of nitrogens with one attached hydrogen (secondary N) is 1. The molecule has 11 nitrogen and oxygen atoms in total. The summed E-state index contributed by atoms with van der Waals surface area (Å²) in [6, 6.07) is 10.5. The van der Waals surface area contributed by atoms with E-state index in [1.165, 1.54) is 0 Å². The van der Waals surface area contributed by atoms with Crippen LogP contribution in [0.2, 0.25) is 5.02 Å². The monoisotopic (exact) mass is 532 g/mol. The number of carbonyl (C=O) groups is 2. The number of fused-ring (bicyclic) bond motifs is 2. The van der Waals surface area contributed by atoms with Crippen LogP contribution in [-0.2, 0) is 14.9 Å². The van der Waals surface area contributed by atoms with E-state index in [9.17, 15) is 14.7 Å². The molecule has 1 atom stereocenters. The minimum absolute atomic E-state index is 0.0349. The van der Waals surface area contributed by atoms with Crippen LogP contribution in [0.4, 0.5) is 10.5 Å². The summed E-state index contributed by atoms with van der Waals surface area (Å²) in [6.45, 7) is 1.70. The van der Waals surface area contributed by atoms with Gasteiger partial charge >= 0.3 is 12.1 Å². The number of hydrogen-bond donors (Lipinski definition) is 2. The van der Waals surface area contributed by atoms with Crippen LogP contribution in [0.3, 0.4) is 0 Å². The number of carbonyl (C=O) groups excluding carboxylic acids is 1. The number of hydrogen-bond acceptors (Lipinski definition) is 9. The highest BCUT2D eigenvalue weighted by Crippen LogP contribution is 2.48. The van der Waals surface area contributed by atoms with Crippen LogP contribution in [-0.4, -0.2) is 32.1 Å². The van der Waals surface area contributed by atoms with Crippen LogP contribution < -0.4 is 5.32 Å². The highest BCUT2D eigenvalue weighted by atomic mass is 35.5. The van der Waals surface area contributed by atoms with Crippen LogP contribution >= 0.6 is 11.6 Å². The van der Waals surface area contributed by atoms with Gasteiger partial charge in [-0.25, -0.2) is 9.78 Å². The van der Waals surface area contributed by atoms with Gasteiger partial charge in [0.05, 0.1) is 5.39 Å². The smallest absolute Gasteiger partial charge is 0.412 e. The molecule has 6 rings (SSSR count). The van der Waals surface area contributed by atoms with E-state index in [0.717, 1.165) is 0 Å². The van der Waals surface area contributed by atoms with Gasteiger partial charge in [0.15, 0.2) is 0 Å². The number of aliphatic carboxylic acids is 1. The van der Waals surface area contributed by atoms with Crippen LogP contribution in [0, 0.1) is 11.8 Å². The zero-order valence-corrected chi connectivity index (χ0v) is 20.4. The lowest BCUT2D eigenvalue weighted by atomic mass is 10.1. The van der Waals surface area contributed by atoms with Crippen molar-refractivity contribution in [1.29, 1.82) is 0 Å². The van der Waals surface area contributed by atoms with E-state index in [2.05, 4.69) is 32.1 Å². The van der Waals surface area contributed by atoms with Gasteiger partial charge in [0.1, 0.15) is 17.2 Å². The second kappa shape index (κ2) is 8.93. The molecule has 12 heteroatoms. The SMILES string of the molecule is CC(OC(=O)Nc1c(C#Cc2nc3oc(C4(C(=O)O)CC4)nc3o2)oc2ncccc12)c1ccccc1Cl. The molecule has 1 fully saturated rings. The van der Waals surface area contributed by atoms with E-state index in [-0.39, 0.29) is 40.4 Å². The molecule has 4 heterocycles. The zero-order valence-electron chi connectivity index (χ0n) is 19.6. The highest BCUT2D eigenvalue weighted by Gasteiger charge is 2.56. The van der Waals surface area contributed by atoms with Gasteiger partial charge < -0.3 is 23.1 Å². The van der Waals surface area contributed by atoms with Crippen molar-refractivity contribution in [2.45, 2.75) is 31.3 Å². The number of anilines is 1. The molecule has 1 aliphatic rings. The maximum atomic E-state index is 12.7. The van der Waals surface area contributed by atoms with Crippen molar-refractivity contribution < 1.29 is 32.7 Å². The largest absolute Gasteiger partial charge is 0.480 e. The van der Waals surface area contributed by atoms with Gasteiger partial charge in [-0.2, -0.15) is 9.97 Å². The molecule has 0 saturated heterocycles. The number of nitrogens with zero attached hydrogens (tertiary/aromatic N) is 3. The summed E-state index contributed by atoms with van der Waals surface area (Å²) in [5.41, 5.74) is 0.127. The average Bonchev–Trinajstić information content (AvgIpc) is 3.32. The van der Waals surface area contributed by atoms with E-state index < -0.39 is 23.6 Å². The zero-order chi connectivity index (χ0) is 26.4. The van der Waals surface area contributed by atoms with Crippen molar-refractivity contribution in [3.8, 4) is 11.8 Å². The van der Waals surface area contributed by atoms with Crippen LogP contribution in [0.5, 0.6) is 0 Å². The molecule has 190 valence electrons. The number of pyridine rings is 1. The summed E-state index contributed by atoms with van der Waals surface area (Å²) in [5, 5.41) is 13.1. The Bertz CT molecular complexity index is 1760. The molecule has 38 heavy (non-hydrogen) atoms. The molecule has 0 aliphatic heterocycles. The van der Waals surface area contributed by atoms with E-state index in [0.29, 0.717) is 28.8 Å². The number of benzene rings is 1. The van der Waals surface area contributed by atoms with Gasteiger partial charge in [-0.1, -0.05) is 29.8 Å². The maximum Gasteiger partial charge on any atom is 0.412 e. The van der Waals surface area contributed by atoms with Gasteiger partial charge in [0, 0.05) is 22.7 Å². The number of ether oxygens (including phenoxy) is 1. The fraction of sp³-hybridized carbons (Fsp3) is 0.192. The van der Waals surface area contributed by atoms with Crippen molar-refractivity contribution in [3.63, 3.8) is 0 Å². The summed E-state index contributed by atoms with van der Waals surface area (Å²) in [4.78, 5) is 36.7. The average molecular weight is 533 g/mol. The molecule has 1 aromatic carbocycles. The topological polar surface area (TPSA) is 154 Å². The van der Waals surface area contributed by atoms with Gasteiger partial charge in [0.25, 0.3) is 17.3 Å². The molecule has 5 aromatic rings. The van der Waals surface area contributed by atoms with Crippen LogP contribution in [0.15, 0.2) is 55.8 Å². The predicted molar refractivity (Wildman–Crippen MR) is 133 cm³/mol. The lowest BCUT2D eigenvalue weighted by Crippen LogP contribution is -2.19. The number of carboxylic acids is 1. The Morgan fingerprint density at radius 3 is 2.61 bits per heavy atom. The third kappa shape index (κ3) is 4.10. The number of oxazole rings is 2. The van der Waals surface area contributed by atoms with Crippen molar-refractivity contribution in [3.05, 3.63) is 70.7 Å². The standard InChI is InChI=1S/C26H17ClN4O7/c1-13(14-5-2-3-7-16(14)27)35-25(34)30-19-15-6-4-12-28-20(15)36-17(19)8-9-18-29-21-22(37-18)31-23(38-21)26(10-11-26)24(32)33/h2-7,12-13H,10-11H2,1H3,(H,30,34)(H,32,33). The summed E-state index contributed by atoms with van der Waals surface area (Å²) in [5.74, 6) is 4.60. The van der Waals surface area contributed by atoms with Crippen molar-refractivity contribution >= 4 is 51.9 Å². The normalized spacial score (nSPS) is 14.6. The van der Waals surface area contributed by atoms with Crippen molar-refractivity contribution in [2.24, 2.45) is 0 Å². The first-order valence-corrected chi connectivity index (χ1v) is 11.8. The molecule has 0 spiro atoms. The maximum absolute atomic E-state index is 12.7. The Labute approximate surface area is 218 Å². The fourth-order valence-electron chi connectivity index (χ4n) is 3.96. The molecule has 4 aromatic heterocycles. The first kappa shape index (κ1) is 23.6. The molecule has 0 bridgehead atoms. The molecule has 1 unspecified atom stereocenters. The van der Waals surface area contributed by atoms with Crippen molar-refractivity contribution in [1.82, 2.24) is 15.0 Å². The number of carboxylic acid groups (broad SMARTS) is 1. The lowest BCUT2D eigenvalue weighted by Gasteiger charge is -2.15. The third-order valence-corrected chi connectivity index (χ3v) is 6.49. The lowest BCUT2D eigenvalue weighted by molar-refractivity contribution is -0.140. The number of aromatic nitrogens is 3. The number of rotatable bonds is 5. The van der Waals surface area contributed by atoms with Crippen LogP contribution in [0.1, 0.15) is 49.0 Å². The van der Waals surface area contributed by atoms with Crippen molar-refractivity contribution in [2.75, 3.05) is 5.32 Å². The van der Waals surface area contributed by atoms with E-state index >= 15 is 0 Å². The Morgan fingerprint density at radius 2 is 1.87 bits per heavy atom. The Hall–Kier alpha value is -4.82. The predicted octanol–water partition coefficient (Wildman–Crippen LogP) is 5.44. The first-order chi connectivity index (χ1) is 18.3. The fourth-order valence-corrected chi connectivity index (χ4v) is 4.25. The summed E-state index contributed by atoms with van der Waals surface area (Å²) in [7, 11) is 0. The molecular weight excluding hydrogens is 516 g/mol.